The number of benzene rings is 1. The Kier molecular flexibility index (Phi) is 7.27. The number of amides is 2. The summed E-state index contributed by atoms with van der Waals surface area (Å²) in [6, 6.07) is 25.2. The molecule has 3 aromatic rings. The van der Waals surface area contributed by atoms with Gasteiger partial charge in [0, 0.05) is 6.04 Å². The Bertz CT molecular complexity index is 789. The molecule has 1 aliphatic rings. The first-order valence-electron chi connectivity index (χ1n) is 8.08. The van der Waals surface area contributed by atoms with E-state index in [1.165, 1.54) is 0 Å². The van der Waals surface area contributed by atoms with Crippen LogP contribution in [0.4, 0.5) is 4.79 Å². The van der Waals surface area contributed by atoms with Gasteiger partial charge in [-0.15, -0.1) is 18.2 Å². The van der Waals surface area contributed by atoms with Crippen LogP contribution >= 0.6 is 0 Å². The third-order valence-corrected chi connectivity index (χ3v) is 3.87. The molecule has 4 rings (SSSR count). The molecule has 1 heterocycles. The first-order valence-corrected chi connectivity index (χ1v) is 8.08. The summed E-state index contributed by atoms with van der Waals surface area (Å²) >= 11 is 0. The van der Waals surface area contributed by atoms with E-state index in [-0.39, 0.29) is 29.1 Å². The van der Waals surface area contributed by atoms with E-state index in [2.05, 4.69) is 10.6 Å². The Morgan fingerprint density at radius 1 is 1.04 bits per heavy atom. The second kappa shape index (κ2) is 9.66. The Balaban J connectivity index is 0.000000351. The van der Waals surface area contributed by atoms with E-state index in [0.29, 0.717) is 0 Å². The summed E-state index contributed by atoms with van der Waals surface area (Å²) in [5, 5.41) is 5.72. The van der Waals surface area contributed by atoms with Crippen LogP contribution in [-0.2, 0) is 17.1 Å². The van der Waals surface area contributed by atoms with E-state index in [0.717, 1.165) is 22.6 Å². The van der Waals surface area contributed by atoms with Gasteiger partial charge in [0.05, 0.1) is 7.11 Å². The van der Waals surface area contributed by atoms with Crippen molar-refractivity contribution < 1.29 is 26.6 Å². The van der Waals surface area contributed by atoms with Crippen molar-refractivity contribution in [1.29, 1.82) is 0 Å². The number of hydrogen-bond acceptors (Lipinski definition) is 2. The maximum absolute atomic E-state index is 11.8. The molecule has 4 nitrogen and oxygen atoms in total. The Morgan fingerprint density at radius 3 is 2.23 bits per heavy atom. The molecule has 3 aromatic carbocycles. The summed E-state index contributed by atoms with van der Waals surface area (Å²) in [4.78, 5) is 11.8. The predicted molar refractivity (Wildman–Crippen MR) is 99.4 cm³/mol. The molecule has 26 heavy (non-hydrogen) atoms. The van der Waals surface area contributed by atoms with Gasteiger partial charge in [-0.25, -0.2) is 16.9 Å². The van der Waals surface area contributed by atoms with Gasteiger partial charge >= 0.3 is 23.1 Å². The fourth-order valence-electron chi connectivity index (χ4n) is 2.58. The van der Waals surface area contributed by atoms with E-state index in [1.54, 1.807) is 7.11 Å². The van der Waals surface area contributed by atoms with Gasteiger partial charge in [-0.1, -0.05) is 17.7 Å². The van der Waals surface area contributed by atoms with Gasteiger partial charge in [0.2, 0.25) is 0 Å². The molecule has 2 N–H and O–H groups in total. The van der Waals surface area contributed by atoms with Crippen molar-refractivity contribution in [2.24, 2.45) is 0 Å². The van der Waals surface area contributed by atoms with Gasteiger partial charge in [0.25, 0.3) is 0 Å². The normalized spacial score (nSPS) is 15.3. The first-order chi connectivity index (χ1) is 12.3. The van der Waals surface area contributed by atoms with E-state index in [1.807, 2.05) is 84.9 Å². The summed E-state index contributed by atoms with van der Waals surface area (Å²) in [6.45, 7) is 0. The molecule has 1 unspecified atom stereocenters. The van der Waals surface area contributed by atoms with Crippen molar-refractivity contribution in [3.05, 3.63) is 96.1 Å². The van der Waals surface area contributed by atoms with Crippen LogP contribution < -0.4 is 15.4 Å². The van der Waals surface area contributed by atoms with Gasteiger partial charge in [0.1, 0.15) is 5.75 Å². The van der Waals surface area contributed by atoms with Gasteiger partial charge in [-0.3, -0.25) is 0 Å². The van der Waals surface area contributed by atoms with Crippen molar-refractivity contribution in [3.63, 3.8) is 0 Å². The topological polar surface area (TPSA) is 50.4 Å². The van der Waals surface area contributed by atoms with Crippen LogP contribution in [0.2, 0.25) is 0 Å². The molecule has 0 aliphatic carbocycles. The number of urea groups is 1. The number of methoxy groups -OCH3 is 1. The zero-order chi connectivity index (χ0) is 17.5. The van der Waals surface area contributed by atoms with Crippen molar-refractivity contribution in [1.82, 2.24) is 10.6 Å². The molecule has 0 saturated heterocycles. The third-order valence-electron chi connectivity index (χ3n) is 3.87. The van der Waals surface area contributed by atoms with Gasteiger partial charge in [-0.05, 0) is 23.4 Å². The molecule has 0 radical (unpaired) electrons. The molecule has 0 saturated carbocycles. The molecular formula is C21H20FeN2O2. The van der Waals surface area contributed by atoms with Gasteiger partial charge < -0.3 is 15.4 Å². The minimum Gasteiger partial charge on any atom is -0.497 e. The number of carbonyl (C=O) groups excluding carboxylic acids is 1. The third kappa shape index (κ3) is 5.12. The number of rotatable bonds is 3. The van der Waals surface area contributed by atoms with Crippen molar-refractivity contribution in [2.45, 2.75) is 6.04 Å². The van der Waals surface area contributed by atoms with Crippen LogP contribution in [0.3, 0.4) is 0 Å². The number of ether oxygens (including phenoxy) is 1. The predicted octanol–water partition coefficient (Wildman–Crippen LogP) is 4.21. The Labute approximate surface area is 164 Å². The average Bonchev–Trinajstić information content (AvgIpc) is 3.37. The quantitative estimate of drug-likeness (QED) is 0.522. The monoisotopic (exact) mass is 388 g/mol. The van der Waals surface area contributed by atoms with Gasteiger partial charge in [0.15, 0.2) is 0 Å². The second-order valence-electron chi connectivity index (χ2n) is 5.57. The Hall–Kier alpha value is -2.75. The molecule has 134 valence electrons. The summed E-state index contributed by atoms with van der Waals surface area (Å²) in [5.41, 5.74) is 2.86. The molecule has 1 aliphatic heterocycles. The molecule has 1 atom stereocenters. The smallest absolute Gasteiger partial charge is 0.497 e. The van der Waals surface area contributed by atoms with Crippen LogP contribution in [0.5, 0.6) is 5.75 Å². The minimum absolute atomic E-state index is 0. The fraction of sp³-hybridized carbons (Fsp3) is 0.0952. The molecule has 0 spiro atoms. The number of carbonyl (C=O) groups is 1. The van der Waals surface area contributed by atoms with E-state index < -0.39 is 0 Å². The van der Waals surface area contributed by atoms with Crippen LogP contribution in [0, 0.1) is 0 Å². The molecule has 5 heteroatoms. The maximum atomic E-state index is 11.8. The minimum atomic E-state index is -0.190. The van der Waals surface area contributed by atoms with Crippen molar-refractivity contribution in [2.75, 3.05) is 7.11 Å². The van der Waals surface area contributed by atoms with Crippen LogP contribution in [0.1, 0.15) is 17.2 Å². The molecule has 0 bridgehead atoms. The molecule has 0 aromatic heterocycles. The summed E-state index contributed by atoms with van der Waals surface area (Å²) in [7, 11) is 1.63. The van der Waals surface area contributed by atoms with Crippen molar-refractivity contribution >= 4 is 11.7 Å². The van der Waals surface area contributed by atoms with Crippen LogP contribution in [0.25, 0.3) is 5.70 Å². The van der Waals surface area contributed by atoms with E-state index in [4.69, 9.17) is 4.74 Å². The van der Waals surface area contributed by atoms with Crippen LogP contribution in [-0.4, -0.2) is 13.1 Å². The average molecular weight is 388 g/mol. The molecule has 0 fully saturated rings. The SMILES string of the molecule is COc1ccc(C2C=C([c-]3cccc3)NC(=O)N2)cc1.[Fe+2].c1cc[cH-]c1. The summed E-state index contributed by atoms with van der Waals surface area (Å²) in [5.74, 6) is 0.800. The van der Waals surface area contributed by atoms with E-state index >= 15 is 0 Å². The number of nitrogens with one attached hydrogen (secondary N) is 2. The molecule has 2 amide bonds. The zero-order valence-electron chi connectivity index (χ0n) is 14.3. The first kappa shape index (κ1) is 19.6. The fourth-order valence-corrected chi connectivity index (χ4v) is 2.58. The summed E-state index contributed by atoms with van der Waals surface area (Å²) in [6.07, 6.45) is 2.01. The van der Waals surface area contributed by atoms with Gasteiger partial charge in [-0.2, -0.15) is 30.3 Å². The largest absolute Gasteiger partial charge is 2.00 e. The maximum Gasteiger partial charge on any atom is 2.00 e. The van der Waals surface area contributed by atoms with Crippen molar-refractivity contribution in [3.8, 4) is 5.75 Å². The standard InChI is InChI=1S/C16H15N2O2.C5H5.Fe/c1-20-13-8-6-12(7-9-13)15-10-14(17-16(19)18-15)11-4-2-3-5-11;1-2-4-5-3-1;/h2-10,15H,1H3,(H2,17,18,19);1-5H;/q2*-1;+2. The molecular weight excluding hydrogens is 368 g/mol. The van der Waals surface area contributed by atoms with E-state index in [9.17, 15) is 4.79 Å². The zero-order valence-corrected chi connectivity index (χ0v) is 15.4. The number of hydrogen-bond donors (Lipinski definition) is 2. The second-order valence-corrected chi connectivity index (χ2v) is 5.57. The Morgan fingerprint density at radius 2 is 1.69 bits per heavy atom. The summed E-state index contributed by atoms with van der Waals surface area (Å²) < 4.78 is 5.14. The van der Waals surface area contributed by atoms with Crippen LogP contribution in [0.15, 0.2) is 84.9 Å².